The van der Waals surface area contributed by atoms with Crippen LogP contribution >= 0.6 is 0 Å². The molecule has 0 N–H and O–H groups in total. The van der Waals surface area contributed by atoms with Crippen molar-refractivity contribution in [1.82, 2.24) is 4.90 Å². The van der Waals surface area contributed by atoms with E-state index in [9.17, 15) is 9.59 Å². The van der Waals surface area contributed by atoms with Gasteiger partial charge in [-0.25, -0.2) is 0 Å². The van der Waals surface area contributed by atoms with Crippen molar-refractivity contribution < 1.29 is 23.8 Å². The number of aryl methyl sites for hydroxylation is 1. The number of ether oxygens (including phenoxy) is 3. The van der Waals surface area contributed by atoms with Gasteiger partial charge in [-0.2, -0.15) is 0 Å². The molecule has 0 radical (unpaired) electrons. The van der Waals surface area contributed by atoms with Gasteiger partial charge in [0.1, 0.15) is 0 Å². The smallest absolute Gasteiger partial charge is 0.310 e. The highest BCUT2D eigenvalue weighted by Gasteiger charge is 2.23. The predicted octanol–water partition coefficient (Wildman–Crippen LogP) is 3.19. The average Bonchev–Trinajstić information content (AvgIpc) is 3.19. The zero-order valence-electron chi connectivity index (χ0n) is 16.2. The number of methoxy groups -OCH3 is 1. The fraction of sp³-hybridized carbons (Fsp3) is 0.364. The maximum absolute atomic E-state index is 12.9. The monoisotopic (exact) mass is 383 g/mol. The Morgan fingerprint density at radius 2 is 1.82 bits per heavy atom. The minimum atomic E-state index is -0.403. The molecule has 148 valence electrons. The van der Waals surface area contributed by atoms with E-state index in [1.165, 1.54) is 7.11 Å². The summed E-state index contributed by atoms with van der Waals surface area (Å²) in [6, 6.07) is 15.5. The summed E-state index contributed by atoms with van der Waals surface area (Å²) in [5.74, 6) is 0.646. The second-order valence-corrected chi connectivity index (χ2v) is 6.87. The van der Waals surface area contributed by atoms with Crippen LogP contribution in [-0.2, 0) is 27.3 Å². The molecule has 28 heavy (non-hydrogen) atoms. The Hall–Kier alpha value is -3.02. The largest absolute Gasteiger partial charge is 0.469 e. The van der Waals surface area contributed by atoms with E-state index in [0.717, 1.165) is 11.1 Å². The number of hydrogen-bond donors (Lipinski definition) is 0. The van der Waals surface area contributed by atoms with E-state index >= 15 is 0 Å². The van der Waals surface area contributed by atoms with Gasteiger partial charge in [0, 0.05) is 19.5 Å². The van der Waals surface area contributed by atoms with Crippen LogP contribution in [-0.4, -0.2) is 37.2 Å². The van der Waals surface area contributed by atoms with E-state index in [1.54, 1.807) is 11.8 Å². The zero-order valence-corrected chi connectivity index (χ0v) is 16.2. The van der Waals surface area contributed by atoms with Gasteiger partial charge < -0.3 is 19.1 Å². The van der Waals surface area contributed by atoms with Crippen LogP contribution in [0.25, 0.3) is 0 Å². The van der Waals surface area contributed by atoms with Crippen molar-refractivity contribution in [3.8, 4) is 11.5 Å². The first-order chi connectivity index (χ1) is 13.6. The normalized spacial score (nSPS) is 13.1. The third-order valence-electron chi connectivity index (χ3n) is 4.73. The number of carbonyl (C=O) groups excluding carboxylic acids is 2. The quantitative estimate of drug-likeness (QED) is 0.655. The molecule has 1 unspecified atom stereocenters. The van der Waals surface area contributed by atoms with Gasteiger partial charge in [0.25, 0.3) is 0 Å². The SMILES string of the molecule is COC(=O)C(C)CN(Cc1ccc2c(c1)OCO2)C(=O)CCc1ccccc1. The van der Waals surface area contributed by atoms with Crippen LogP contribution < -0.4 is 9.47 Å². The van der Waals surface area contributed by atoms with Gasteiger partial charge in [0.05, 0.1) is 13.0 Å². The molecule has 6 heteroatoms. The highest BCUT2D eigenvalue weighted by Crippen LogP contribution is 2.33. The van der Waals surface area contributed by atoms with E-state index in [4.69, 9.17) is 14.2 Å². The Kier molecular flexibility index (Phi) is 6.53. The summed E-state index contributed by atoms with van der Waals surface area (Å²) >= 11 is 0. The first-order valence-electron chi connectivity index (χ1n) is 9.35. The predicted molar refractivity (Wildman–Crippen MR) is 104 cm³/mol. The molecule has 1 aliphatic heterocycles. The summed E-state index contributed by atoms with van der Waals surface area (Å²) in [6.45, 7) is 2.67. The highest BCUT2D eigenvalue weighted by atomic mass is 16.7. The van der Waals surface area contributed by atoms with Gasteiger partial charge >= 0.3 is 5.97 Å². The van der Waals surface area contributed by atoms with Crippen molar-refractivity contribution >= 4 is 11.9 Å². The summed E-state index contributed by atoms with van der Waals surface area (Å²) in [6.07, 6.45) is 1.03. The maximum Gasteiger partial charge on any atom is 0.310 e. The number of rotatable bonds is 8. The Balaban J connectivity index is 1.70. The van der Waals surface area contributed by atoms with Crippen LogP contribution in [0.1, 0.15) is 24.5 Å². The number of benzene rings is 2. The molecule has 0 bridgehead atoms. The van der Waals surface area contributed by atoms with E-state index in [0.29, 0.717) is 37.4 Å². The number of carbonyl (C=O) groups is 2. The third kappa shape index (κ3) is 5.03. The number of hydrogen-bond acceptors (Lipinski definition) is 5. The molecule has 1 aliphatic rings. The van der Waals surface area contributed by atoms with Crippen molar-refractivity contribution in [2.24, 2.45) is 5.92 Å². The van der Waals surface area contributed by atoms with Crippen molar-refractivity contribution in [3.05, 3.63) is 59.7 Å². The topological polar surface area (TPSA) is 65.1 Å². The first kappa shape index (κ1) is 19.7. The molecule has 0 saturated heterocycles. The second kappa shape index (κ2) is 9.26. The Morgan fingerprint density at radius 3 is 2.57 bits per heavy atom. The molecule has 0 aliphatic carbocycles. The standard InChI is InChI=1S/C22H25NO5/c1-16(22(25)26-2)13-23(21(24)11-9-17-6-4-3-5-7-17)14-18-8-10-19-20(12-18)28-15-27-19/h3-8,10,12,16H,9,11,13-15H2,1-2H3. The van der Waals surface area contributed by atoms with Crippen LogP contribution in [0.4, 0.5) is 0 Å². The van der Waals surface area contributed by atoms with E-state index in [2.05, 4.69) is 0 Å². The van der Waals surface area contributed by atoms with Gasteiger partial charge in [-0.05, 0) is 29.7 Å². The zero-order chi connectivity index (χ0) is 19.9. The van der Waals surface area contributed by atoms with Crippen LogP contribution in [0.3, 0.4) is 0 Å². The second-order valence-electron chi connectivity index (χ2n) is 6.87. The van der Waals surface area contributed by atoms with Crippen LogP contribution in [0.15, 0.2) is 48.5 Å². The van der Waals surface area contributed by atoms with Crippen LogP contribution in [0.2, 0.25) is 0 Å². The fourth-order valence-electron chi connectivity index (χ4n) is 3.17. The minimum absolute atomic E-state index is 0.00253. The molecule has 0 fully saturated rings. The molecule has 1 atom stereocenters. The Bertz CT molecular complexity index is 821. The summed E-state index contributed by atoms with van der Waals surface area (Å²) in [7, 11) is 1.36. The lowest BCUT2D eigenvalue weighted by Gasteiger charge is -2.25. The van der Waals surface area contributed by atoms with Gasteiger partial charge in [0.15, 0.2) is 11.5 Å². The van der Waals surface area contributed by atoms with Crippen LogP contribution in [0.5, 0.6) is 11.5 Å². The molecule has 2 aromatic carbocycles. The lowest BCUT2D eigenvalue weighted by atomic mass is 10.1. The number of esters is 1. The van der Waals surface area contributed by atoms with Gasteiger partial charge in [-0.1, -0.05) is 43.3 Å². The van der Waals surface area contributed by atoms with E-state index in [-0.39, 0.29) is 18.7 Å². The molecular formula is C22H25NO5. The van der Waals surface area contributed by atoms with E-state index in [1.807, 2.05) is 48.5 Å². The number of fused-ring (bicyclic) bond motifs is 1. The molecule has 0 spiro atoms. The Morgan fingerprint density at radius 1 is 1.07 bits per heavy atom. The van der Waals surface area contributed by atoms with E-state index < -0.39 is 5.92 Å². The maximum atomic E-state index is 12.9. The van der Waals surface area contributed by atoms with Gasteiger partial charge in [0.2, 0.25) is 12.7 Å². The molecule has 0 saturated carbocycles. The molecule has 1 amide bonds. The molecule has 3 rings (SSSR count). The molecule has 6 nitrogen and oxygen atoms in total. The first-order valence-corrected chi connectivity index (χ1v) is 9.35. The van der Waals surface area contributed by atoms with Crippen molar-refractivity contribution in [1.29, 1.82) is 0 Å². The fourth-order valence-corrected chi connectivity index (χ4v) is 3.17. The van der Waals surface area contributed by atoms with Crippen molar-refractivity contribution in [2.45, 2.75) is 26.3 Å². The summed E-state index contributed by atoms with van der Waals surface area (Å²) in [4.78, 5) is 26.5. The minimum Gasteiger partial charge on any atom is -0.469 e. The number of nitrogens with zero attached hydrogens (tertiary/aromatic N) is 1. The summed E-state index contributed by atoms with van der Waals surface area (Å²) < 4.78 is 15.6. The molecular weight excluding hydrogens is 358 g/mol. The van der Waals surface area contributed by atoms with Crippen molar-refractivity contribution in [3.63, 3.8) is 0 Å². The average molecular weight is 383 g/mol. The Labute approximate surface area is 165 Å². The van der Waals surface area contributed by atoms with Gasteiger partial charge in [-0.15, -0.1) is 0 Å². The van der Waals surface area contributed by atoms with Crippen molar-refractivity contribution in [2.75, 3.05) is 20.4 Å². The summed E-state index contributed by atoms with van der Waals surface area (Å²) in [5.41, 5.74) is 2.04. The summed E-state index contributed by atoms with van der Waals surface area (Å²) in [5, 5.41) is 0. The lowest BCUT2D eigenvalue weighted by Crippen LogP contribution is -2.37. The molecule has 1 heterocycles. The third-order valence-corrected chi connectivity index (χ3v) is 4.73. The number of amides is 1. The van der Waals surface area contributed by atoms with Crippen LogP contribution in [0, 0.1) is 5.92 Å². The van der Waals surface area contributed by atoms with Gasteiger partial charge in [-0.3, -0.25) is 9.59 Å². The highest BCUT2D eigenvalue weighted by molar-refractivity contribution is 5.78. The lowest BCUT2D eigenvalue weighted by molar-refractivity contribution is -0.146. The molecule has 0 aromatic heterocycles. The molecule has 2 aromatic rings.